The van der Waals surface area contributed by atoms with Crippen molar-refractivity contribution in [3.63, 3.8) is 0 Å². The van der Waals surface area contributed by atoms with Crippen molar-refractivity contribution >= 4 is 21.5 Å². The first-order valence-corrected chi connectivity index (χ1v) is 13.0. The zero-order chi connectivity index (χ0) is 27.3. The van der Waals surface area contributed by atoms with E-state index in [-0.39, 0.29) is 0 Å². The molecule has 6 aromatic rings. The van der Waals surface area contributed by atoms with Crippen LogP contribution in [-0.4, -0.2) is 0 Å². The molecule has 0 aliphatic rings. The molecule has 6 aromatic carbocycles. The Morgan fingerprint density at radius 3 is 1.10 bits per heavy atom. The Labute approximate surface area is 235 Å². The van der Waals surface area contributed by atoms with Crippen LogP contribution in [0.5, 0.6) is 0 Å². The van der Waals surface area contributed by atoms with Gasteiger partial charge in [0.15, 0.2) is 0 Å². The maximum Gasteiger partial charge on any atom is 0.0405 e. The van der Waals surface area contributed by atoms with Gasteiger partial charge in [-0.2, -0.15) is 0 Å². The van der Waals surface area contributed by atoms with E-state index in [1.165, 1.54) is 0 Å². The summed E-state index contributed by atoms with van der Waals surface area (Å²) in [6, 6.07) is 40.8. The third kappa shape index (κ3) is 4.60. The molecule has 0 heteroatoms. The van der Waals surface area contributed by atoms with Crippen molar-refractivity contribution in [3.8, 4) is 59.5 Å². The highest BCUT2D eigenvalue weighted by Gasteiger charge is 2.16. The molecule has 0 aliphatic heterocycles. The molecule has 0 amide bonds. The Hall–Kier alpha value is -5.92. The molecule has 0 spiro atoms. The fourth-order valence-electron chi connectivity index (χ4n) is 5.00. The molecule has 0 unspecified atom stereocenters. The normalized spacial score (nSPS) is 10.1. The molecule has 0 N–H and O–H groups in total. The van der Waals surface area contributed by atoms with E-state index in [1.54, 1.807) is 0 Å². The van der Waals surface area contributed by atoms with Crippen LogP contribution < -0.4 is 0 Å². The van der Waals surface area contributed by atoms with Gasteiger partial charge in [-0.3, -0.25) is 0 Å². The molecule has 0 aliphatic carbocycles. The summed E-state index contributed by atoms with van der Waals surface area (Å²) in [6.45, 7) is 0. The standard InChI is InChI=1S/C40H22/c1-3-29-13-5-7-15-31(29)21-25-35-27-23-33-17-9-11-19-37(33)39(35)40-36(28-24-34-18-10-12-20-38(34)40)26-22-32-16-8-6-14-30(32)4-2/h1-2,5-20,23-24,27-28H. The van der Waals surface area contributed by atoms with Gasteiger partial charge >= 0.3 is 0 Å². The zero-order valence-corrected chi connectivity index (χ0v) is 21.7. The van der Waals surface area contributed by atoms with Crippen molar-refractivity contribution in [2.45, 2.75) is 0 Å². The molecule has 0 saturated carbocycles. The highest BCUT2D eigenvalue weighted by atomic mass is 14.2. The van der Waals surface area contributed by atoms with E-state index in [1.807, 2.05) is 48.5 Å². The van der Waals surface area contributed by atoms with Crippen molar-refractivity contribution in [2.75, 3.05) is 0 Å². The van der Waals surface area contributed by atoms with Crippen molar-refractivity contribution in [2.24, 2.45) is 0 Å². The Morgan fingerprint density at radius 2 is 0.675 bits per heavy atom. The van der Waals surface area contributed by atoms with Gasteiger partial charge in [-0.1, -0.05) is 120 Å². The maximum absolute atomic E-state index is 5.75. The van der Waals surface area contributed by atoms with Gasteiger partial charge in [0.05, 0.1) is 0 Å². The van der Waals surface area contributed by atoms with Gasteiger partial charge in [0.25, 0.3) is 0 Å². The summed E-state index contributed by atoms with van der Waals surface area (Å²) in [4.78, 5) is 0. The molecular formula is C40H22. The largest absolute Gasteiger partial charge is 0.115 e. The van der Waals surface area contributed by atoms with Gasteiger partial charge in [0.2, 0.25) is 0 Å². The summed E-state index contributed by atoms with van der Waals surface area (Å²) in [5, 5.41) is 4.50. The minimum atomic E-state index is 0.779. The van der Waals surface area contributed by atoms with Crippen molar-refractivity contribution < 1.29 is 0 Å². The van der Waals surface area contributed by atoms with E-state index in [2.05, 4.69) is 108 Å². The third-order valence-corrected chi connectivity index (χ3v) is 6.94. The van der Waals surface area contributed by atoms with E-state index in [4.69, 9.17) is 12.8 Å². The van der Waals surface area contributed by atoms with Crippen LogP contribution in [0, 0.1) is 48.4 Å². The van der Waals surface area contributed by atoms with E-state index in [0.717, 1.165) is 66.1 Å². The fourth-order valence-corrected chi connectivity index (χ4v) is 5.00. The molecular weight excluding hydrogens is 480 g/mol. The molecule has 40 heavy (non-hydrogen) atoms. The number of hydrogen-bond donors (Lipinski definition) is 0. The molecule has 6 rings (SSSR count). The minimum Gasteiger partial charge on any atom is -0.115 e. The van der Waals surface area contributed by atoms with E-state index in [0.29, 0.717) is 0 Å². The number of benzene rings is 6. The summed E-state index contributed by atoms with van der Waals surface area (Å²) >= 11 is 0. The van der Waals surface area contributed by atoms with Crippen LogP contribution >= 0.6 is 0 Å². The summed E-state index contributed by atoms with van der Waals surface area (Å²) in [7, 11) is 0. The topological polar surface area (TPSA) is 0 Å². The Morgan fingerprint density at radius 1 is 0.325 bits per heavy atom. The van der Waals surface area contributed by atoms with Crippen molar-refractivity contribution in [3.05, 3.63) is 155 Å². The van der Waals surface area contributed by atoms with E-state index in [9.17, 15) is 0 Å². The maximum atomic E-state index is 5.75. The highest BCUT2D eigenvalue weighted by molar-refractivity contribution is 6.09. The first-order valence-electron chi connectivity index (χ1n) is 13.0. The smallest absolute Gasteiger partial charge is 0.0405 e. The van der Waals surface area contributed by atoms with E-state index < -0.39 is 0 Å². The number of terminal acetylenes is 2. The molecule has 0 aromatic heterocycles. The van der Waals surface area contributed by atoms with Gasteiger partial charge < -0.3 is 0 Å². The fraction of sp³-hybridized carbons (Fsp3) is 0. The van der Waals surface area contributed by atoms with Gasteiger partial charge in [0, 0.05) is 44.5 Å². The van der Waals surface area contributed by atoms with Crippen LogP contribution in [0.4, 0.5) is 0 Å². The second-order valence-corrected chi connectivity index (χ2v) is 9.30. The third-order valence-electron chi connectivity index (χ3n) is 6.94. The van der Waals surface area contributed by atoms with Crippen molar-refractivity contribution in [1.29, 1.82) is 0 Å². The second-order valence-electron chi connectivity index (χ2n) is 9.30. The van der Waals surface area contributed by atoms with Gasteiger partial charge in [-0.15, -0.1) is 12.8 Å². The van der Waals surface area contributed by atoms with Crippen LogP contribution in [0.3, 0.4) is 0 Å². The lowest BCUT2D eigenvalue weighted by molar-refractivity contribution is 1.58. The van der Waals surface area contributed by atoms with Crippen LogP contribution in [0.2, 0.25) is 0 Å². The summed E-state index contributed by atoms with van der Waals surface area (Å²) < 4.78 is 0. The van der Waals surface area contributed by atoms with Gasteiger partial charge in [-0.05, 0) is 57.9 Å². The molecule has 0 atom stereocenters. The van der Waals surface area contributed by atoms with Gasteiger partial charge in [-0.25, -0.2) is 0 Å². The predicted molar refractivity (Wildman–Crippen MR) is 168 cm³/mol. The van der Waals surface area contributed by atoms with Crippen LogP contribution in [0.15, 0.2) is 121 Å². The predicted octanol–water partition coefficient (Wildman–Crippen LogP) is 8.42. The summed E-state index contributed by atoms with van der Waals surface area (Å²) in [6.07, 6.45) is 11.5. The average Bonchev–Trinajstić information content (AvgIpc) is 3.02. The molecule has 0 fully saturated rings. The lowest BCUT2D eigenvalue weighted by Crippen LogP contribution is -1.94. The minimum absolute atomic E-state index is 0.779. The van der Waals surface area contributed by atoms with Crippen LogP contribution in [0.1, 0.15) is 33.4 Å². The molecule has 0 bridgehead atoms. The quantitative estimate of drug-likeness (QED) is 0.198. The average molecular weight is 503 g/mol. The summed E-state index contributed by atoms with van der Waals surface area (Å²) in [5.41, 5.74) is 7.14. The molecule has 0 saturated heterocycles. The van der Waals surface area contributed by atoms with Crippen LogP contribution in [0.25, 0.3) is 32.7 Å². The second kappa shape index (κ2) is 10.8. The molecule has 182 valence electrons. The first kappa shape index (κ1) is 24.4. The Balaban J connectivity index is 1.67. The van der Waals surface area contributed by atoms with Gasteiger partial charge in [0.1, 0.15) is 0 Å². The molecule has 0 heterocycles. The van der Waals surface area contributed by atoms with E-state index >= 15 is 0 Å². The lowest BCUT2D eigenvalue weighted by Gasteiger charge is -2.15. The monoisotopic (exact) mass is 502 g/mol. The Bertz CT molecular complexity index is 1980. The number of fused-ring (bicyclic) bond motifs is 2. The van der Waals surface area contributed by atoms with Crippen LogP contribution in [-0.2, 0) is 0 Å². The van der Waals surface area contributed by atoms with Crippen molar-refractivity contribution in [1.82, 2.24) is 0 Å². The zero-order valence-electron chi connectivity index (χ0n) is 21.7. The Kier molecular flexibility index (Phi) is 6.61. The SMILES string of the molecule is C#Cc1ccccc1C#Cc1ccc2ccccc2c1-c1c(C#Cc2ccccc2C#C)ccc2ccccc12. The first-order chi connectivity index (χ1) is 19.8. The summed E-state index contributed by atoms with van der Waals surface area (Å²) in [5.74, 6) is 19.1. The molecule has 0 radical (unpaired) electrons. The number of rotatable bonds is 1. The molecule has 0 nitrogen and oxygen atoms in total. The highest BCUT2D eigenvalue weighted by Crippen LogP contribution is 2.39. The number of hydrogen-bond acceptors (Lipinski definition) is 0. The lowest BCUT2D eigenvalue weighted by atomic mass is 9.87.